The number of hydrogen-bond donors (Lipinski definition) is 0. The van der Waals surface area contributed by atoms with Crippen LogP contribution in [-0.4, -0.2) is 4.98 Å². The summed E-state index contributed by atoms with van der Waals surface area (Å²) in [6, 6.07) is 4.70. The number of aromatic nitrogens is 1. The van der Waals surface area contributed by atoms with E-state index in [9.17, 15) is 8.78 Å². The Bertz CT molecular complexity index is 240. The lowest BCUT2D eigenvalue weighted by Gasteiger charge is -2.04. The Morgan fingerprint density at radius 2 is 1.92 bits per heavy atom. The molecule has 0 amide bonds. The van der Waals surface area contributed by atoms with E-state index in [1.54, 1.807) is 12.1 Å². The highest BCUT2D eigenvalue weighted by atomic mass is 127. The lowest BCUT2D eigenvalue weighted by atomic mass is 10.2. The third-order valence-corrected chi connectivity index (χ3v) is 2.06. The summed E-state index contributed by atoms with van der Waals surface area (Å²) >= 11 is 2.14. The van der Waals surface area contributed by atoms with Gasteiger partial charge in [-0.2, -0.15) is 0 Å². The summed E-state index contributed by atoms with van der Waals surface area (Å²) in [5.41, 5.74) is 0.560. The molecule has 1 aromatic heterocycles. The summed E-state index contributed by atoms with van der Waals surface area (Å²) in [6.07, 6.45) is -2.47. The zero-order valence-electron chi connectivity index (χ0n) is 6.47. The SMILES string of the molecule is C[C@@H](I)c1cccc(C(F)F)n1. The Morgan fingerprint density at radius 3 is 2.42 bits per heavy atom. The smallest absolute Gasteiger partial charge is 0.251 e. The zero-order valence-corrected chi connectivity index (χ0v) is 8.63. The van der Waals surface area contributed by atoms with Crippen LogP contribution in [0.25, 0.3) is 0 Å². The number of alkyl halides is 3. The first-order valence-corrected chi connectivity index (χ1v) is 4.75. The normalized spacial score (nSPS) is 13.4. The highest BCUT2D eigenvalue weighted by molar-refractivity contribution is 14.1. The van der Waals surface area contributed by atoms with Crippen molar-refractivity contribution in [3.8, 4) is 0 Å². The minimum absolute atomic E-state index is 0.143. The summed E-state index contributed by atoms with van der Waals surface area (Å²) in [7, 11) is 0. The molecule has 0 N–H and O–H groups in total. The highest BCUT2D eigenvalue weighted by Gasteiger charge is 2.10. The molecule has 1 rings (SSSR count). The molecular weight excluding hydrogens is 275 g/mol. The second-order valence-corrected chi connectivity index (χ2v) is 4.27. The Balaban J connectivity index is 2.96. The molecule has 0 aliphatic rings. The lowest BCUT2D eigenvalue weighted by Crippen LogP contribution is -1.95. The van der Waals surface area contributed by atoms with Gasteiger partial charge < -0.3 is 0 Å². The van der Waals surface area contributed by atoms with E-state index in [1.807, 2.05) is 6.92 Å². The summed E-state index contributed by atoms with van der Waals surface area (Å²) in [5, 5.41) is 0. The summed E-state index contributed by atoms with van der Waals surface area (Å²) in [6.45, 7) is 1.91. The molecule has 0 spiro atoms. The number of rotatable bonds is 2. The topological polar surface area (TPSA) is 12.9 Å². The first-order chi connectivity index (χ1) is 5.61. The quantitative estimate of drug-likeness (QED) is 0.598. The van der Waals surface area contributed by atoms with E-state index in [0.29, 0.717) is 5.69 Å². The summed E-state index contributed by atoms with van der Waals surface area (Å²) in [4.78, 5) is 3.81. The van der Waals surface area contributed by atoms with Crippen LogP contribution in [0.3, 0.4) is 0 Å². The van der Waals surface area contributed by atoms with Crippen LogP contribution in [0.1, 0.15) is 28.7 Å². The molecule has 0 saturated carbocycles. The molecule has 0 radical (unpaired) electrons. The maximum absolute atomic E-state index is 12.1. The maximum atomic E-state index is 12.1. The monoisotopic (exact) mass is 283 g/mol. The van der Waals surface area contributed by atoms with Crippen LogP contribution < -0.4 is 0 Å². The van der Waals surface area contributed by atoms with Gasteiger partial charge in [0.2, 0.25) is 0 Å². The van der Waals surface area contributed by atoms with Crippen molar-refractivity contribution in [3.05, 3.63) is 29.6 Å². The van der Waals surface area contributed by atoms with E-state index in [1.165, 1.54) is 6.07 Å². The van der Waals surface area contributed by atoms with Crippen molar-refractivity contribution in [2.24, 2.45) is 0 Å². The van der Waals surface area contributed by atoms with Gasteiger partial charge in [0.25, 0.3) is 6.43 Å². The predicted octanol–water partition coefficient (Wildman–Crippen LogP) is 3.52. The van der Waals surface area contributed by atoms with Crippen molar-refractivity contribution in [1.29, 1.82) is 0 Å². The Kier molecular flexibility index (Phi) is 3.37. The van der Waals surface area contributed by atoms with E-state index in [4.69, 9.17) is 0 Å². The van der Waals surface area contributed by atoms with Crippen molar-refractivity contribution in [2.75, 3.05) is 0 Å². The molecule has 0 saturated heterocycles. The molecular formula is C8H8F2IN. The van der Waals surface area contributed by atoms with Gasteiger partial charge in [-0.25, -0.2) is 8.78 Å². The van der Waals surface area contributed by atoms with Crippen molar-refractivity contribution in [3.63, 3.8) is 0 Å². The Morgan fingerprint density at radius 1 is 1.33 bits per heavy atom. The van der Waals surface area contributed by atoms with Gasteiger partial charge in [0.05, 0.1) is 9.62 Å². The van der Waals surface area contributed by atoms with Crippen molar-refractivity contribution in [1.82, 2.24) is 4.98 Å². The molecule has 12 heavy (non-hydrogen) atoms. The molecule has 0 aromatic carbocycles. The van der Waals surface area contributed by atoms with Crippen LogP contribution >= 0.6 is 22.6 Å². The second-order valence-electron chi connectivity index (χ2n) is 2.40. The number of pyridine rings is 1. The van der Waals surface area contributed by atoms with Gasteiger partial charge in [-0.3, -0.25) is 4.98 Å². The number of hydrogen-bond acceptors (Lipinski definition) is 1. The maximum Gasteiger partial charge on any atom is 0.280 e. The van der Waals surface area contributed by atoms with Crippen LogP contribution in [0.4, 0.5) is 8.78 Å². The van der Waals surface area contributed by atoms with Crippen molar-refractivity contribution in [2.45, 2.75) is 17.3 Å². The van der Waals surface area contributed by atoms with E-state index in [-0.39, 0.29) is 9.62 Å². The summed E-state index contributed by atoms with van der Waals surface area (Å²) < 4.78 is 24.5. The molecule has 0 unspecified atom stereocenters. The molecule has 0 bridgehead atoms. The largest absolute Gasteiger partial charge is 0.280 e. The number of nitrogens with zero attached hydrogens (tertiary/aromatic N) is 1. The number of halogens is 3. The lowest BCUT2D eigenvalue weighted by molar-refractivity contribution is 0.146. The fourth-order valence-electron chi connectivity index (χ4n) is 0.812. The minimum Gasteiger partial charge on any atom is -0.251 e. The van der Waals surface area contributed by atoms with Crippen molar-refractivity contribution < 1.29 is 8.78 Å². The van der Waals surface area contributed by atoms with Crippen LogP contribution in [0.2, 0.25) is 0 Å². The first kappa shape index (κ1) is 9.83. The first-order valence-electron chi connectivity index (χ1n) is 3.50. The average molecular weight is 283 g/mol. The van der Waals surface area contributed by atoms with E-state index >= 15 is 0 Å². The standard InChI is InChI=1S/C8H8F2IN/c1-5(11)6-3-2-4-7(12-6)8(9)10/h2-5,8H,1H3/t5-/m1/s1. The van der Waals surface area contributed by atoms with Gasteiger partial charge in [-0.15, -0.1) is 0 Å². The molecule has 0 fully saturated rings. The molecule has 1 nitrogen and oxygen atoms in total. The Hall–Kier alpha value is -0.260. The zero-order chi connectivity index (χ0) is 9.14. The van der Waals surface area contributed by atoms with Gasteiger partial charge in [0.15, 0.2) is 0 Å². The Labute approximate surface area is 83.3 Å². The van der Waals surface area contributed by atoms with Crippen LogP contribution in [0.5, 0.6) is 0 Å². The van der Waals surface area contributed by atoms with Crippen molar-refractivity contribution >= 4 is 22.6 Å². The molecule has 1 atom stereocenters. The fraction of sp³-hybridized carbons (Fsp3) is 0.375. The van der Waals surface area contributed by atoms with E-state index in [2.05, 4.69) is 27.6 Å². The highest BCUT2D eigenvalue weighted by Crippen LogP contribution is 2.23. The molecule has 0 aliphatic heterocycles. The molecule has 66 valence electrons. The van der Waals surface area contributed by atoms with Gasteiger partial charge >= 0.3 is 0 Å². The van der Waals surface area contributed by atoms with E-state index < -0.39 is 6.43 Å². The van der Waals surface area contributed by atoms with Crippen LogP contribution in [-0.2, 0) is 0 Å². The molecule has 1 aromatic rings. The predicted molar refractivity (Wildman–Crippen MR) is 51.6 cm³/mol. The summed E-state index contributed by atoms with van der Waals surface area (Å²) in [5.74, 6) is 0. The molecule has 0 aliphatic carbocycles. The fourth-order valence-corrected chi connectivity index (χ4v) is 1.16. The molecule has 1 heterocycles. The minimum atomic E-state index is -2.47. The van der Waals surface area contributed by atoms with Gasteiger partial charge in [-0.1, -0.05) is 28.7 Å². The third kappa shape index (κ3) is 2.36. The van der Waals surface area contributed by atoms with Crippen LogP contribution in [0.15, 0.2) is 18.2 Å². The van der Waals surface area contributed by atoms with Gasteiger partial charge in [0, 0.05) is 0 Å². The van der Waals surface area contributed by atoms with E-state index in [0.717, 1.165) is 0 Å². The third-order valence-electron chi connectivity index (χ3n) is 1.42. The molecule has 4 heteroatoms. The van der Waals surface area contributed by atoms with Crippen LogP contribution in [0, 0.1) is 0 Å². The van der Waals surface area contributed by atoms with Gasteiger partial charge in [0.1, 0.15) is 5.69 Å². The second kappa shape index (κ2) is 4.11. The average Bonchev–Trinajstić information content (AvgIpc) is 2.04. The van der Waals surface area contributed by atoms with Gasteiger partial charge in [-0.05, 0) is 19.1 Å².